The van der Waals surface area contributed by atoms with E-state index in [1.807, 2.05) is 42.5 Å². The Hall–Kier alpha value is -2.68. The molecule has 2 aromatic carbocycles. The third-order valence-electron chi connectivity index (χ3n) is 3.49. The van der Waals surface area contributed by atoms with Gasteiger partial charge in [0.2, 0.25) is 0 Å². The van der Waals surface area contributed by atoms with E-state index in [2.05, 4.69) is 20.8 Å². The van der Waals surface area contributed by atoms with E-state index in [1.165, 1.54) is 4.68 Å². The van der Waals surface area contributed by atoms with Crippen molar-refractivity contribution in [3.63, 3.8) is 0 Å². The van der Waals surface area contributed by atoms with E-state index in [0.717, 1.165) is 11.3 Å². The maximum Gasteiger partial charge on any atom is 0.346 e. The summed E-state index contributed by atoms with van der Waals surface area (Å²) >= 11 is 0. The van der Waals surface area contributed by atoms with Crippen LogP contribution in [0.15, 0.2) is 48.5 Å². The first-order valence-electron chi connectivity index (χ1n) is 7.82. The largest absolute Gasteiger partial charge is 0.493 e. The highest BCUT2D eigenvalue weighted by atomic mass is 35.5. The SMILES string of the molecule is COc1cc(CNCCO)ccc1Oc1nnnn1-c1ccccc1.Cl. The van der Waals surface area contributed by atoms with Crippen molar-refractivity contribution in [1.82, 2.24) is 25.5 Å². The normalized spacial score (nSPS) is 10.2. The molecule has 26 heavy (non-hydrogen) atoms. The molecule has 3 aromatic rings. The minimum atomic E-state index is 0. The van der Waals surface area contributed by atoms with Crippen molar-refractivity contribution in [1.29, 1.82) is 0 Å². The number of nitrogens with one attached hydrogen (secondary N) is 1. The van der Waals surface area contributed by atoms with Gasteiger partial charge in [-0.3, -0.25) is 0 Å². The fraction of sp³-hybridized carbons (Fsp3) is 0.235. The Bertz CT molecular complexity index is 813. The fourth-order valence-corrected chi connectivity index (χ4v) is 2.29. The zero-order valence-electron chi connectivity index (χ0n) is 14.2. The third-order valence-corrected chi connectivity index (χ3v) is 3.49. The highest BCUT2D eigenvalue weighted by molar-refractivity contribution is 5.85. The predicted octanol–water partition coefficient (Wildman–Crippen LogP) is 1.97. The van der Waals surface area contributed by atoms with Crippen molar-refractivity contribution < 1.29 is 14.6 Å². The van der Waals surface area contributed by atoms with Gasteiger partial charge in [0, 0.05) is 13.1 Å². The maximum absolute atomic E-state index is 8.82. The number of benzene rings is 2. The molecule has 0 aliphatic carbocycles. The van der Waals surface area contributed by atoms with Crippen LogP contribution in [0.2, 0.25) is 0 Å². The number of aliphatic hydroxyl groups excluding tert-OH is 1. The molecule has 138 valence electrons. The summed E-state index contributed by atoms with van der Waals surface area (Å²) in [4.78, 5) is 0. The van der Waals surface area contributed by atoms with Gasteiger partial charge in [0.05, 0.1) is 19.4 Å². The van der Waals surface area contributed by atoms with Crippen molar-refractivity contribution in [3.8, 4) is 23.2 Å². The van der Waals surface area contributed by atoms with Crippen LogP contribution in [-0.4, -0.2) is 45.6 Å². The van der Waals surface area contributed by atoms with Gasteiger partial charge in [-0.1, -0.05) is 29.4 Å². The Balaban J connectivity index is 0.00000243. The number of tetrazole rings is 1. The van der Waals surface area contributed by atoms with Gasteiger partial charge >= 0.3 is 6.01 Å². The molecule has 9 heteroatoms. The lowest BCUT2D eigenvalue weighted by atomic mass is 10.2. The number of hydrogen-bond acceptors (Lipinski definition) is 7. The molecule has 0 unspecified atom stereocenters. The van der Waals surface area contributed by atoms with E-state index in [1.54, 1.807) is 13.2 Å². The second-order valence-corrected chi connectivity index (χ2v) is 5.20. The van der Waals surface area contributed by atoms with Gasteiger partial charge in [-0.2, -0.15) is 4.68 Å². The molecule has 0 radical (unpaired) electrons. The van der Waals surface area contributed by atoms with Crippen LogP contribution < -0.4 is 14.8 Å². The van der Waals surface area contributed by atoms with Crippen LogP contribution >= 0.6 is 12.4 Å². The summed E-state index contributed by atoms with van der Waals surface area (Å²) in [5.74, 6) is 1.09. The van der Waals surface area contributed by atoms with Gasteiger partial charge in [-0.05, 0) is 40.3 Å². The number of para-hydroxylation sites is 1. The average molecular weight is 378 g/mol. The molecule has 0 aliphatic heterocycles. The summed E-state index contributed by atoms with van der Waals surface area (Å²) in [6.45, 7) is 1.26. The summed E-state index contributed by atoms with van der Waals surface area (Å²) in [5.41, 5.74) is 1.81. The molecule has 0 fully saturated rings. The highest BCUT2D eigenvalue weighted by Crippen LogP contribution is 2.31. The Morgan fingerprint density at radius 2 is 1.92 bits per heavy atom. The fourth-order valence-electron chi connectivity index (χ4n) is 2.29. The number of rotatable bonds is 8. The number of methoxy groups -OCH3 is 1. The first kappa shape index (κ1) is 19.6. The van der Waals surface area contributed by atoms with Crippen LogP contribution in [-0.2, 0) is 6.54 Å². The lowest BCUT2D eigenvalue weighted by molar-refractivity contribution is 0.292. The molecule has 0 spiro atoms. The first-order chi connectivity index (χ1) is 12.3. The van der Waals surface area contributed by atoms with Gasteiger partial charge in [0.1, 0.15) is 0 Å². The van der Waals surface area contributed by atoms with Crippen molar-refractivity contribution in [2.24, 2.45) is 0 Å². The zero-order valence-corrected chi connectivity index (χ0v) is 15.0. The van der Waals surface area contributed by atoms with E-state index in [9.17, 15) is 0 Å². The number of nitrogens with zero attached hydrogens (tertiary/aromatic N) is 4. The Labute approximate surface area is 157 Å². The molecule has 1 aromatic heterocycles. The number of ether oxygens (including phenoxy) is 2. The van der Waals surface area contributed by atoms with Gasteiger partial charge in [-0.25, -0.2) is 0 Å². The van der Waals surface area contributed by atoms with Crippen molar-refractivity contribution in [2.45, 2.75) is 6.54 Å². The quantitative estimate of drug-likeness (QED) is 0.579. The van der Waals surface area contributed by atoms with Crippen molar-refractivity contribution in [2.75, 3.05) is 20.3 Å². The van der Waals surface area contributed by atoms with Gasteiger partial charge in [0.15, 0.2) is 11.5 Å². The average Bonchev–Trinajstić information content (AvgIpc) is 3.12. The summed E-state index contributed by atoms with van der Waals surface area (Å²) in [7, 11) is 1.58. The molecule has 8 nitrogen and oxygen atoms in total. The first-order valence-corrected chi connectivity index (χ1v) is 7.82. The van der Waals surface area contributed by atoms with Crippen LogP contribution in [0.3, 0.4) is 0 Å². The van der Waals surface area contributed by atoms with E-state index in [-0.39, 0.29) is 25.0 Å². The molecule has 0 atom stereocenters. The second-order valence-electron chi connectivity index (χ2n) is 5.20. The van der Waals surface area contributed by atoms with Gasteiger partial charge in [0.25, 0.3) is 0 Å². The van der Waals surface area contributed by atoms with Crippen LogP contribution in [0.1, 0.15) is 5.56 Å². The van der Waals surface area contributed by atoms with E-state index >= 15 is 0 Å². The topological polar surface area (TPSA) is 94.3 Å². The second kappa shape index (κ2) is 9.71. The Kier molecular flexibility index (Phi) is 7.34. The van der Waals surface area contributed by atoms with E-state index in [4.69, 9.17) is 14.6 Å². The number of hydrogen-bond donors (Lipinski definition) is 2. The zero-order chi connectivity index (χ0) is 17.5. The number of aliphatic hydroxyl groups is 1. The number of aromatic nitrogens is 4. The summed E-state index contributed by atoms with van der Waals surface area (Å²) in [6, 6.07) is 15.3. The summed E-state index contributed by atoms with van der Waals surface area (Å²) in [5, 5.41) is 23.5. The van der Waals surface area contributed by atoms with Crippen molar-refractivity contribution >= 4 is 12.4 Å². The number of halogens is 1. The molecule has 0 saturated carbocycles. The van der Waals surface area contributed by atoms with Crippen molar-refractivity contribution in [3.05, 3.63) is 54.1 Å². The van der Waals surface area contributed by atoms with Crippen LogP contribution in [0.4, 0.5) is 0 Å². The molecular weight excluding hydrogens is 358 g/mol. The van der Waals surface area contributed by atoms with Crippen LogP contribution in [0.5, 0.6) is 17.5 Å². The van der Waals surface area contributed by atoms with Crippen LogP contribution in [0, 0.1) is 0 Å². The van der Waals surface area contributed by atoms with E-state index < -0.39 is 0 Å². The molecule has 1 heterocycles. The lowest BCUT2D eigenvalue weighted by Gasteiger charge is -2.12. The third kappa shape index (κ3) is 4.69. The lowest BCUT2D eigenvalue weighted by Crippen LogP contribution is -2.17. The Morgan fingerprint density at radius 1 is 1.12 bits per heavy atom. The molecule has 0 amide bonds. The smallest absolute Gasteiger partial charge is 0.346 e. The predicted molar refractivity (Wildman–Crippen MR) is 98.3 cm³/mol. The van der Waals surface area contributed by atoms with E-state index in [0.29, 0.717) is 24.6 Å². The minimum absolute atomic E-state index is 0. The molecule has 0 aliphatic rings. The highest BCUT2D eigenvalue weighted by Gasteiger charge is 2.14. The monoisotopic (exact) mass is 377 g/mol. The van der Waals surface area contributed by atoms with Gasteiger partial charge < -0.3 is 19.9 Å². The summed E-state index contributed by atoms with van der Waals surface area (Å²) in [6.07, 6.45) is 0. The maximum atomic E-state index is 8.82. The summed E-state index contributed by atoms with van der Waals surface area (Å²) < 4.78 is 12.8. The molecule has 0 bridgehead atoms. The minimum Gasteiger partial charge on any atom is -0.493 e. The standard InChI is InChI=1S/C17H19N5O3.ClH/c1-24-16-11-13(12-18-9-10-23)7-8-15(16)25-17-19-20-21-22(17)14-5-3-2-4-6-14;/h2-8,11,18,23H,9-10,12H2,1H3;1H. The molecule has 0 saturated heterocycles. The van der Waals surface area contributed by atoms with Crippen LogP contribution in [0.25, 0.3) is 5.69 Å². The van der Waals surface area contributed by atoms with Gasteiger partial charge in [-0.15, -0.1) is 12.4 Å². The molecule has 2 N–H and O–H groups in total. The molecule has 3 rings (SSSR count). The Morgan fingerprint density at radius 3 is 2.65 bits per heavy atom. The molecular formula is C17H20ClN5O3.